The quantitative estimate of drug-likeness (QED) is 0.805. The van der Waals surface area contributed by atoms with Gasteiger partial charge in [0.2, 0.25) is 0 Å². The van der Waals surface area contributed by atoms with Gasteiger partial charge in [0, 0.05) is 6.54 Å². The smallest absolute Gasteiger partial charge is 0.360 e. The molecule has 0 aliphatic heterocycles. The first kappa shape index (κ1) is 15.9. The average Bonchev–Trinajstić information content (AvgIpc) is 2.33. The number of ether oxygens (including phenoxy) is 1. The van der Waals surface area contributed by atoms with Crippen LogP contribution >= 0.6 is 0 Å². The first-order valence-corrected chi connectivity index (χ1v) is 6.03. The van der Waals surface area contributed by atoms with Crippen molar-refractivity contribution in [3.63, 3.8) is 0 Å². The van der Waals surface area contributed by atoms with Gasteiger partial charge in [-0.2, -0.15) is 13.2 Å². The van der Waals surface area contributed by atoms with Gasteiger partial charge in [0.15, 0.2) is 6.10 Å². The van der Waals surface area contributed by atoms with Crippen LogP contribution in [0.25, 0.3) is 0 Å². The fourth-order valence-electron chi connectivity index (χ4n) is 1.55. The Kier molecular flexibility index (Phi) is 5.75. The number of benzene rings is 1. The Balaban J connectivity index is 2.83. The van der Waals surface area contributed by atoms with Gasteiger partial charge >= 0.3 is 6.18 Å². The Bertz CT molecular complexity index is 394. The third-order valence-corrected chi connectivity index (χ3v) is 2.63. The van der Waals surface area contributed by atoms with Crippen molar-refractivity contribution in [3.8, 4) is 0 Å². The summed E-state index contributed by atoms with van der Waals surface area (Å²) in [6.07, 6.45) is -7.18. The maximum atomic E-state index is 13.1. The van der Waals surface area contributed by atoms with E-state index in [1.807, 2.05) is 6.92 Å². The van der Waals surface area contributed by atoms with Crippen molar-refractivity contribution in [3.05, 3.63) is 35.6 Å². The van der Waals surface area contributed by atoms with E-state index in [-0.39, 0.29) is 6.54 Å². The van der Waals surface area contributed by atoms with Crippen molar-refractivity contribution >= 4 is 0 Å². The van der Waals surface area contributed by atoms with Crippen LogP contribution in [0.15, 0.2) is 24.3 Å². The molecule has 6 heteroatoms. The maximum Gasteiger partial charge on any atom is 0.414 e. The molecule has 0 saturated carbocycles. The highest BCUT2D eigenvalue weighted by Gasteiger charge is 2.38. The van der Waals surface area contributed by atoms with Gasteiger partial charge in [0.25, 0.3) is 0 Å². The lowest BCUT2D eigenvalue weighted by molar-refractivity contribution is -0.227. The van der Waals surface area contributed by atoms with E-state index in [1.54, 1.807) is 6.07 Å². The van der Waals surface area contributed by atoms with Crippen molar-refractivity contribution in [2.24, 2.45) is 0 Å². The summed E-state index contributed by atoms with van der Waals surface area (Å²) < 4.78 is 55.6. The van der Waals surface area contributed by atoms with Crippen LogP contribution in [0.1, 0.15) is 25.5 Å². The van der Waals surface area contributed by atoms with E-state index in [2.05, 4.69) is 5.32 Å². The van der Waals surface area contributed by atoms with Gasteiger partial charge in [-0.1, -0.05) is 19.1 Å². The molecule has 0 bridgehead atoms. The third-order valence-electron chi connectivity index (χ3n) is 2.63. The Hall–Kier alpha value is -1.14. The second-order valence-electron chi connectivity index (χ2n) is 4.17. The Morgan fingerprint density at radius 2 is 2.00 bits per heavy atom. The highest BCUT2D eigenvalue weighted by Crippen LogP contribution is 2.28. The molecule has 0 amide bonds. The van der Waals surface area contributed by atoms with Gasteiger partial charge in [0.05, 0.1) is 6.10 Å². The predicted molar refractivity (Wildman–Crippen MR) is 64.3 cm³/mol. The van der Waals surface area contributed by atoms with Crippen LogP contribution in [-0.4, -0.2) is 25.4 Å². The lowest BCUT2D eigenvalue weighted by atomic mass is 10.1. The van der Waals surface area contributed by atoms with Crippen LogP contribution in [0.3, 0.4) is 0 Å². The van der Waals surface area contributed by atoms with Crippen molar-refractivity contribution < 1.29 is 22.3 Å². The number of alkyl halides is 3. The van der Waals surface area contributed by atoms with Crippen LogP contribution in [0.4, 0.5) is 17.6 Å². The van der Waals surface area contributed by atoms with E-state index in [0.29, 0.717) is 12.1 Å². The van der Waals surface area contributed by atoms with E-state index in [4.69, 9.17) is 4.74 Å². The van der Waals surface area contributed by atoms with Crippen molar-refractivity contribution in [1.29, 1.82) is 0 Å². The van der Waals surface area contributed by atoms with Gasteiger partial charge in [-0.15, -0.1) is 0 Å². The number of halogens is 4. The molecule has 2 unspecified atom stereocenters. The summed E-state index contributed by atoms with van der Waals surface area (Å²) in [6.45, 7) is 3.56. The molecule has 0 heterocycles. The first-order valence-electron chi connectivity index (χ1n) is 6.03. The molecule has 1 aromatic rings. The molecular weight excluding hydrogens is 262 g/mol. The van der Waals surface area contributed by atoms with E-state index in [9.17, 15) is 17.6 Å². The van der Waals surface area contributed by atoms with E-state index >= 15 is 0 Å². The highest BCUT2D eigenvalue weighted by atomic mass is 19.4. The standard InChI is InChI=1S/C13H17F4NO/c1-3-18-8-12(19-9(2)13(15,16)17)10-5-4-6-11(14)7-10/h4-7,9,12,18H,3,8H2,1-2H3. The molecule has 1 aromatic carbocycles. The molecule has 0 saturated heterocycles. The lowest BCUT2D eigenvalue weighted by Crippen LogP contribution is -2.33. The highest BCUT2D eigenvalue weighted by molar-refractivity contribution is 5.19. The van der Waals surface area contributed by atoms with E-state index in [1.165, 1.54) is 18.2 Å². The molecule has 2 nitrogen and oxygen atoms in total. The summed E-state index contributed by atoms with van der Waals surface area (Å²) in [4.78, 5) is 0. The molecule has 0 aromatic heterocycles. The van der Waals surface area contributed by atoms with Crippen LogP contribution in [-0.2, 0) is 4.74 Å². The van der Waals surface area contributed by atoms with Crippen molar-refractivity contribution in [2.75, 3.05) is 13.1 Å². The Labute approximate surface area is 109 Å². The SMILES string of the molecule is CCNCC(OC(C)C(F)(F)F)c1cccc(F)c1. The zero-order chi connectivity index (χ0) is 14.5. The predicted octanol–water partition coefficient (Wildman–Crippen LogP) is 3.44. The number of likely N-dealkylation sites (N-methyl/N-ethyl adjacent to an activating group) is 1. The average molecular weight is 279 g/mol. The topological polar surface area (TPSA) is 21.3 Å². The molecule has 2 atom stereocenters. The van der Waals surface area contributed by atoms with Gasteiger partial charge in [0.1, 0.15) is 5.82 Å². The zero-order valence-corrected chi connectivity index (χ0v) is 10.8. The van der Waals surface area contributed by atoms with E-state index in [0.717, 1.165) is 6.92 Å². The monoisotopic (exact) mass is 279 g/mol. The van der Waals surface area contributed by atoms with Gasteiger partial charge in [-0.3, -0.25) is 0 Å². The fraction of sp³-hybridized carbons (Fsp3) is 0.538. The summed E-state index contributed by atoms with van der Waals surface area (Å²) in [5.41, 5.74) is 0.386. The molecular formula is C13H17F4NO. The third kappa shape index (κ3) is 5.16. The Morgan fingerprint density at radius 3 is 2.53 bits per heavy atom. The molecule has 0 aliphatic carbocycles. The number of hydrogen-bond donors (Lipinski definition) is 1. The normalized spacial score (nSPS) is 15.3. The number of hydrogen-bond acceptors (Lipinski definition) is 2. The molecule has 1 rings (SSSR count). The molecule has 19 heavy (non-hydrogen) atoms. The van der Waals surface area contributed by atoms with Crippen LogP contribution in [0.2, 0.25) is 0 Å². The summed E-state index contributed by atoms with van der Waals surface area (Å²) >= 11 is 0. The minimum atomic E-state index is -4.43. The minimum Gasteiger partial charge on any atom is -0.360 e. The second-order valence-corrected chi connectivity index (χ2v) is 4.17. The molecule has 1 N–H and O–H groups in total. The molecule has 0 aliphatic rings. The van der Waals surface area contributed by atoms with Crippen molar-refractivity contribution in [2.45, 2.75) is 32.2 Å². The molecule has 0 spiro atoms. The van der Waals surface area contributed by atoms with Crippen LogP contribution < -0.4 is 5.32 Å². The first-order chi connectivity index (χ1) is 8.84. The van der Waals surface area contributed by atoms with Crippen LogP contribution in [0, 0.1) is 5.82 Å². The number of nitrogens with one attached hydrogen (secondary N) is 1. The summed E-state index contributed by atoms with van der Waals surface area (Å²) in [5.74, 6) is -0.498. The molecule has 108 valence electrons. The van der Waals surface area contributed by atoms with E-state index < -0.39 is 24.2 Å². The summed E-state index contributed by atoms with van der Waals surface area (Å²) in [6, 6.07) is 5.42. The molecule has 0 fully saturated rings. The largest absolute Gasteiger partial charge is 0.414 e. The minimum absolute atomic E-state index is 0.195. The van der Waals surface area contributed by atoms with Gasteiger partial charge in [-0.25, -0.2) is 4.39 Å². The fourth-order valence-corrected chi connectivity index (χ4v) is 1.55. The van der Waals surface area contributed by atoms with Crippen LogP contribution in [0.5, 0.6) is 0 Å². The van der Waals surface area contributed by atoms with Crippen molar-refractivity contribution in [1.82, 2.24) is 5.32 Å². The van der Waals surface area contributed by atoms with Gasteiger partial charge in [-0.05, 0) is 31.2 Å². The Morgan fingerprint density at radius 1 is 1.32 bits per heavy atom. The summed E-state index contributed by atoms with van der Waals surface area (Å²) in [7, 11) is 0. The second kappa shape index (κ2) is 6.86. The zero-order valence-electron chi connectivity index (χ0n) is 10.8. The summed E-state index contributed by atoms with van der Waals surface area (Å²) in [5, 5.41) is 2.91. The molecule has 0 radical (unpaired) electrons. The maximum absolute atomic E-state index is 13.1. The number of rotatable bonds is 6. The van der Waals surface area contributed by atoms with Gasteiger partial charge < -0.3 is 10.1 Å². The lowest BCUT2D eigenvalue weighted by Gasteiger charge is -2.24.